The van der Waals surface area contributed by atoms with E-state index >= 15 is 0 Å². The van der Waals surface area contributed by atoms with Gasteiger partial charge in [-0.1, -0.05) is 0 Å². The molecule has 1 rings (SSSR count). The van der Waals surface area contributed by atoms with Crippen LogP contribution in [-0.4, -0.2) is 28.3 Å². The third-order valence-corrected chi connectivity index (χ3v) is 2.28. The molecule has 0 aromatic carbocycles. The van der Waals surface area contributed by atoms with E-state index in [1.54, 1.807) is 0 Å². The van der Waals surface area contributed by atoms with Gasteiger partial charge in [0.2, 0.25) is 5.91 Å². The number of rotatable bonds is 2. The van der Waals surface area contributed by atoms with Gasteiger partial charge in [0.25, 0.3) is 0 Å². The standard InChI is InChI=1S/C6H12NO5P/c8-6-5(12-13(9,10)11)3-1-2-4-7-6/h5H,1-4H2,(H,7,8)(H2,9,10,11). The maximum Gasteiger partial charge on any atom is 0.470 e. The fourth-order valence-corrected chi connectivity index (χ4v) is 1.71. The zero-order valence-corrected chi connectivity index (χ0v) is 7.87. The van der Waals surface area contributed by atoms with Crippen LogP contribution in [0.1, 0.15) is 19.3 Å². The Bertz CT molecular complexity index is 237. The molecular formula is C6H12NO5P. The van der Waals surface area contributed by atoms with Crippen molar-refractivity contribution >= 4 is 13.7 Å². The maximum absolute atomic E-state index is 11.1. The Morgan fingerprint density at radius 3 is 2.77 bits per heavy atom. The molecular weight excluding hydrogens is 197 g/mol. The Morgan fingerprint density at radius 2 is 2.15 bits per heavy atom. The number of phosphoric ester groups is 1. The first-order valence-electron chi connectivity index (χ1n) is 4.01. The summed E-state index contributed by atoms with van der Waals surface area (Å²) in [6.07, 6.45) is 0.885. The summed E-state index contributed by atoms with van der Waals surface area (Å²) in [7, 11) is -4.55. The van der Waals surface area contributed by atoms with E-state index in [2.05, 4.69) is 9.84 Å². The molecule has 1 aliphatic rings. The first-order chi connectivity index (χ1) is 5.99. The third-order valence-electron chi connectivity index (χ3n) is 1.75. The molecule has 1 unspecified atom stereocenters. The second-order valence-corrected chi connectivity index (χ2v) is 4.06. The maximum atomic E-state index is 11.1. The van der Waals surface area contributed by atoms with Gasteiger partial charge in [0.05, 0.1) is 0 Å². The minimum Gasteiger partial charge on any atom is -0.354 e. The minimum atomic E-state index is -4.55. The molecule has 76 valence electrons. The van der Waals surface area contributed by atoms with Gasteiger partial charge in [-0.05, 0) is 19.3 Å². The lowest BCUT2D eigenvalue weighted by Crippen LogP contribution is -2.33. The average molecular weight is 209 g/mol. The van der Waals surface area contributed by atoms with E-state index in [4.69, 9.17) is 9.79 Å². The van der Waals surface area contributed by atoms with Crippen molar-refractivity contribution < 1.29 is 23.7 Å². The highest BCUT2D eigenvalue weighted by Gasteiger charge is 2.28. The van der Waals surface area contributed by atoms with Crippen molar-refractivity contribution in [2.24, 2.45) is 0 Å². The lowest BCUT2D eigenvalue weighted by molar-refractivity contribution is -0.128. The van der Waals surface area contributed by atoms with Crippen molar-refractivity contribution in [2.75, 3.05) is 6.54 Å². The number of carbonyl (C=O) groups excluding carboxylic acids is 1. The highest BCUT2D eigenvalue weighted by molar-refractivity contribution is 7.46. The van der Waals surface area contributed by atoms with E-state index < -0.39 is 19.8 Å². The Labute approximate surface area is 75.5 Å². The van der Waals surface area contributed by atoms with Crippen LogP contribution < -0.4 is 5.32 Å². The Hall–Kier alpha value is -0.420. The number of hydrogen-bond acceptors (Lipinski definition) is 3. The lowest BCUT2D eigenvalue weighted by Gasteiger charge is -2.14. The molecule has 0 saturated carbocycles. The summed E-state index contributed by atoms with van der Waals surface area (Å²) in [6.45, 7) is 0.542. The predicted molar refractivity (Wildman–Crippen MR) is 43.8 cm³/mol. The molecule has 3 N–H and O–H groups in total. The monoisotopic (exact) mass is 209 g/mol. The molecule has 0 aromatic heterocycles. The molecule has 1 fully saturated rings. The molecule has 6 nitrogen and oxygen atoms in total. The first kappa shape index (κ1) is 10.7. The largest absolute Gasteiger partial charge is 0.470 e. The van der Waals surface area contributed by atoms with Crippen LogP contribution in [0.25, 0.3) is 0 Å². The summed E-state index contributed by atoms with van der Waals surface area (Å²) >= 11 is 0. The summed E-state index contributed by atoms with van der Waals surface area (Å²) in [5, 5.41) is 2.51. The molecule has 13 heavy (non-hydrogen) atoms. The van der Waals surface area contributed by atoms with Crippen molar-refractivity contribution in [1.82, 2.24) is 5.32 Å². The zero-order chi connectivity index (χ0) is 9.90. The van der Waals surface area contributed by atoms with Gasteiger partial charge in [-0.2, -0.15) is 0 Å². The van der Waals surface area contributed by atoms with E-state index in [0.717, 1.165) is 12.8 Å². The van der Waals surface area contributed by atoms with Crippen molar-refractivity contribution in [3.8, 4) is 0 Å². The van der Waals surface area contributed by atoms with Gasteiger partial charge in [-0.3, -0.25) is 9.32 Å². The molecule has 0 spiro atoms. The second-order valence-electron chi connectivity index (χ2n) is 2.87. The quantitative estimate of drug-likeness (QED) is 0.545. The van der Waals surface area contributed by atoms with Crippen LogP contribution in [0, 0.1) is 0 Å². The molecule has 0 radical (unpaired) electrons. The fraction of sp³-hybridized carbons (Fsp3) is 0.833. The molecule has 0 bridgehead atoms. The molecule has 7 heteroatoms. The molecule has 1 saturated heterocycles. The van der Waals surface area contributed by atoms with Crippen LogP contribution in [0.3, 0.4) is 0 Å². The number of amides is 1. The summed E-state index contributed by atoms with van der Waals surface area (Å²) in [4.78, 5) is 28.1. The molecule has 1 atom stereocenters. The topological polar surface area (TPSA) is 95.9 Å². The molecule has 1 aliphatic heterocycles. The number of carbonyl (C=O) groups is 1. The lowest BCUT2D eigenvalue weighted by atomic mass is 10.2. The Kier molecular flexibility index (Phi) is 3.44. The van der Waals surface area contributed by atoms with Gasteiger partial charge in [0.15, 0.2) is 0 Å². The number of phosphoric acid groups is 1. The van der Waals surface area contributed by atoms with E-state index in [9.17, 15) is 9.36 Å². The summed E-state index contributed by atoms with van der Waals surface area (Å²) in [6, 6.07) is 0. The van der Waals surface area contributed by atoms with Gasteiger partial charge in [-0.15, -0.1) is 0 Å². The minimum absolute atomic E-state index is 0.358. The zero-order valence-electron chi connectivity index (χ0n) is 6.97. The fourth-order valence-electron chi connectivity index (χ4n) is 1.18. The summed E-state index contributed by atoms with van der Waals surface area (Å²) in [5.74, 6) is -0.444. The number of nitrogens with one attached hydrogen (secondary N) is 1. The van der Waals surface area contributed by atoms with E-state index in [1.807, 2.05) is 0 Å². The number of hydrogen-bond donors (Lipinski definition) is 3. The van der Waals surface area contributed by atoms with Gasteiger partial charge in [0.1, 0.15) is 6.10 Å². The average Bonchev–Trinajstić information content (AvgIpc) is 2.14. The van der Waals surface area contributed by atoms with Gasteiger partial charge < -0.3 is 15.1 Å². The van der Waals surface area contributed by atoms with E-state index in [-0.39, 0.29) is 0 Å². The van der Waals surface area contributed by atoms with Crippen molar-refractivity contribution in [3.63, 3.8) is 0 Å². The van der Waals surface area contributed by atoms with Gasteiger partial charge in [-0.25, -0.2) is 4.57 Å². The van der Waals surface area contributed by atoms with Crippen LogP contribution in [0.15, 0.2) is 0 Å². The molecule has 1 heterocycles. The van der Waals surface area contributed by atoms with Gasteiger partial charge in [0, 0.05) is 6.54 Å². The van der Waals surface area contributed by atoms with Crippen LogP contribution in [0.5, 0.6) is 0 Å². The smallest absolute Gasteiger partial charge is 0.354 e. The SMILES string of the molecule is O=C1NCCCCC1OP(=O)(O)O. The van der Waals surface area contributed by atoms with Gasteiger partial charge >= 0.3 is 7.82 Å². The highest BCUT2D eigenvalue weighted by Crippen LogP contribution is 2.38. The summed E-state index contributed by atoms with van der Waals surface area (Å²) < 4.78 is 14.8. The van der Waals surface area contributed by atoms with Crippen molar-refractivity contribution in [1.29, 1.82) is 0 Å². The Morgan fingerprint density at radius 1 is 1.46 bits per heavy atom. The van der Waals surface area contributed by atoms with Crippen LogP contribution in [0.4, 0.5) is 0 Å². The van der Waals surface area contributed by atoms with Crippen LogP contribution >= 0.6 is 7.82 Å². The predicted octanol–water partition coefficient (Wildman–Crippen LogP) is -0.236. The van der Waals surface area contributed by atoms with E-state index in [1.165, 1.54) is 0 Å². The van der Waals surface area contributed by atoms with Crippen molar-refractivity contribution in [3.05, 3.63) is 0 Å². The highest BCUT2D eigenvalue weighted by atomic mass is 31.2. The molecule has 1 amide bonds. The van der Waals surface area contributed by atoms with Crippen LogP contribution in [-0.2, 0) is 13.9 Å². The first-order valence-corrected chi connectivity index (χ1v) is 5.54. The van der Waals surface area contributed by atoms with E-state index in [0.29, 0.717) is 13.0 Å². The normalized spacial score (nSPS) is 25.1. The molecule has 0 aliphatic carbocycles. The summed E-state index contributed by atoms with van der Waals surface area (Å²) in [5.41, 5.74) is 0. The van der Waals surface area contributed by atoms with Crippen LogP contribution in [0.2, 0.25) is 0 Å². The second kappa shape index (κ2) is 4.19. The molecule has 0 aromatic rings. The van der Waals surface area contributed by atoms with Crippen molar-refractivity contribution in [2.45, 2.75) is 25.4 Å². The third kappa shape index (κ3) is 3.87. The Balaban J connectivity index is 2.55.